The van der Waals surface area contributed by atoms with Gasteiger partial charge in [0.15, 0.2) is 0 Å². The first-order valence-corrected chi connectivity index (χ1v) is 7.01. The zero-order chi connectivity index (χ0) is 12.8. The molecule has 1 aromatic carbocycles. The summed E-state index contributed by atoms with van der Waals surface area (Å²) in [5.41, 5.74) is 3.68. The maximum Gasteiger partial charge on any atom is 0.126 e. The van der Waals surface area contributed by atoms with Crippen LogP contribution in [0, 0.1) is 11.7 Å². The number of nitrogens with one attached hydrogen (secondary N) is 1. The van der Waals surface area contributed by atoms with Crippen LogP contribution in [-0.2, 0) is 6.42 Å². The highest BCUT2D eigenvalue weighted by molar-refractivity contribution is 5.18. The van der Waals surface area contributed by atoms with E-state index in [1.165, 1.54) is 44.6 Å². The van der Waals surface area contributed by atoms with Gasteiger partial charge in [0, 0.05) is 6.04 Å². The molecule has 3 N–H and O–H groups in total. The molecule has 1 aliphatic carbocycles. The first kappa shape index (κ1) is 13.5. The molecule has 0 amide bonds. The van der Waals surface area contributed by atoms with Crippen molar-refractivity contribution in [2.75, 3.05) is 0 Å². The molecule has 3 heteroatoms. The fraction of sp³-hybridized carbons (Fsp3) is 0.600. The molecule has 2 rings (SSSR count). The molecule has 0 spiro atoms. The maximum absolute atomic E-state index is 13.7. The first-order chi connectivity index (χ1) is 8.81. The molecule has 1 atom stereocenters. The van der Waals surface area contributed by atoms with Crippen LogP contribution >= 0.6 is 0 Å². The summed E-state index contributed by atoms with van der Waals surface area (Å²) in [4.78, 5) is 0. The Hall–Kier alpha value is -0.930. The van der Waals surface area contributed by atoms with Gasteiger partial charge in [0.25, 0.3) is 0 Å². The van der Waals surface area contributed by atoms with Gasteiger partial charge in [0.1, 0.15) is 5.82 Å². The van der Waals surface area contributed by atoms with Crippen LogP contribution in [0.5, 0.6) is 0 Å². The summed E-state index contributed by atoms with van der Waals surface area (Å²) in [7, 11) is 0. The minimum atomic E-state index is -0.119. The Morgan fingerprint density at radius 2 is 1.83 bits per heavy atom. The van der Waals surface area contributed by atoms with Gasteiger partial charge in [-0.1, -0.05) is 43.9 Å². The molecule has 0 bridgehead atoms. The second kappa shape index (κ2) is 6.86. The quantitative estimate of drug-likeness (QED) is 0.489. The van der Waals surface area contributed by atoms with Crippen LogP contribution in [-0.4, -0.2) is 6.04 Å². The van der Waals surface area contributed by atoms with Gasteiger partial charge >= 0.3 is 0 Å². The number of hydrazine groups is 1. The molecule has 2 nitrogen and oxygen atoms in total. The molecule has 0 saturated heterocycles. The molecule has 100 valence electrons. The predicted octanol–water partition coefficient (Wildman–Crippen LogP) is 3.17. The molecule has 0 aliphatic heterocycles. The highest BCUT2D eigenvalue weighted by atomic mass is 19.1. The van der Waals surface area contributed by atoms with Crippen LogP contribution in [0.15, 0.2) is 24.3 Å². The lowest BCUT2D eigenvalue weighted by molar-refractivity contribution is 0.318. The Morgan fingerprint density at radius 3 is 2.44 bits per heavy atom. The smallest absolute Gasteiger partial charge is 0.126 e. The summed E-state index contributed by atoms with van der Waals surface area (Å²) in [6, 6.07) is 7.20. The van der Waals surface area contributed by atoms with Crippen molar-refractivity contribution >= 4 is 0 Å². The van der Waals surface area contributed by atoms with Crippen LogP contribution in [0.4, 0.5) is 4.39 Å². The van der Waals surface area contributed by atoms with Crippen molar-refractivity contribution in [2.24, 2.45) is 11.8 Å². The molecule has 1 saturated carbocycles. The van der Waals surface area contributed by atoms with Crippen LogP contribution in [0.3, 0.4) is 0 Å². The molecule has 0 heterocycles. The molecule has 1 aromatic rings. The number of hydrogen-bond donors (Lipinski definition) is 2. The van der Waals surface area contributed by atoms with Crippen molar-refractivity contribution in [1.82, 2.24) is 5.43 Å². The van der Waals surface area contributed by atoms with E-state index in [0.717, 1.165) is 5.56 Å². The van der Waals surface area contributed by atoms with Crippen molar-refractivity contribution in [2.45, 2.75) is 51.0 Å². The van der Waals surface area contributed by atoms with Gasteiger partial charge in [-0.2, -0.15) is 0 Å². The Morgan fingerprint density at radius 1 is 1.17 bits per heavy atom. The maximum atomic E-state index is 13.7. The SMILES string of the molecule is NNC(Cc1ccccc1F)C1CCCCCC1. The van der Waals surface area contributed by atoms with Gasteiger partial charge < -0.3 is 0 Å². The van der Waals surface area contributed by atoms with E-state index in [-0.39, 0.29) is 11.9 Å². The average molecular weight is 250 g/mol. The Kier molecular flexibility index (Phi) is 5.14. The third-order valence-electron chi connectivity index (χ3n) is 4.08. The van der Waals surface area contributed by atoms with Crippen LogP contribution < -0.4 is 11.3 Å². The van der Waals surface area contributed by atoms with Crippen LogP contribution in [0.1, 0.15) is 44.1 Å². The van der Waals surface area contributed by atoms with E-state index in [4.69, 9.17) is 5.84 Å². The summed E-state index contributed by atoms with van der Waals surface area (Å²) >= 11 is 0. The topological polar surface area (TPSA) is 38.0 Å². The standard InChI is InChI=1S/C15H23FN2/c16-14-10-6-5-9-13(14)11-15(18-17)12-7-3-1-2-4-8-12/h5-6,9-10,12,15,18H,1-4,7-8,11,17H2. The fourth-order valence-corrected chi connectivity index (χ4v) is 2.98. The third-order valence-corrected chi connectivity index (χ3v) is 4.08. The van der Waals surface area contributed by atoms with Crippen LogP contribution in [0.25, 0.3) is 0 Å². The van der Waals surface area contributed by atoms with Gasteiger partial charge in [0.2, 0.25) is 0 Å². The Labute approximate surface area is 109 Å². The number of benzene rings is 1. The van der Waals surface area contributed by atoms with E-state index in [2.05, 4.69) is 5.43 Å². The molecule has 0 aromatic heterocycles. The summed E-state index contributed by atoms with van der Waals surface area (Å²) in [6.45, 7) is 0. The van der Waals surface area contributed by atoms with Crippen molar-refractivity contribution < 1.29 is 4.39 Å². The number of hydrogen-bond acceptors (Lipinski definition) is 2. The van der Waals surface area contributed by atoms with Gasteiger partial charge in [-0.05, 0) is 36.8 Å². The van der Waals surface area contributed by atoms with Gasteiger partial charge in [-0.15, -0.1) is 0 Å². The van der Waals surface area contributed by atoms with Crippen molar-refractivity contribution in [3.8, 4) is 0 Å². The zero-order valence-electron chi connectivity index (χ0n) is 10.9. The van der Waals surface area contributed by atoms with Crippen molar-refractivity contribution in [1.29, 1.82) is 0 Å². The minimum Gasteiger partial charge on any atom is -0.271 e. The molecule has 18 heavy (non-hydrogen) atoms. The Bertz CT molecular complexity index is 359. The molecule has 1 fully saturated rings. The highest BCUT2D eigenvalue weighted by Crippen LogP contribution is 2.27. The average Bonchev–Trinajstić information content (AvgIpc) is 2.67. The van der Waals surface area contributed by atoms with Gasteiger partial charge in [-0.3, -0.25) is 11.3 Å². The highest BCUT2D eigenvalue weighted by Gasteiger charge is 2.22. The molecular formula is C15H23FN2. The van der Waals surface area contributed by atoms with E-state index in [1.54, 1.807) is 6.07 Å². The third kappa shape index (κ3) is 3.53. The first-order valence-electron chi connectivity index (χ1n) is 7.01. The van der Waals surface area contributed by atoms with E-state index in [9.17, 15) is 4.39 Å². The van der Waals surface area contributed by atoms with E-state index in [1.807, 2.05) is 12.1 Å². The van der Waals surface area contributed by atoms with Crippen molar-refractivity contribution in [3.63, 3.8) is 0 Å². The van der Waals surface area contributed by atoms with Gasteiger partial charge in [-0.25, -0.2) is 4.39 Å². The molecule has 1 unspecified atom stereocenters. The number of nitrogens with two attached hydrogens (primary N) is 1. The summed E-state index contributed by atoms with van der Waals surface area (Å²) in [5, 5.41) is 0. The lowest BCUT2D eigenvalue weighted by atomic mass is 9.88. The molecule has 1 aliphatic rings. The largest absolute Gasteiger partial charge is 0.271 e. The normalized spacial score (nSPS) is 19.4. The fourth-order valence-electron chi connectivity index (χ4n) is 2.98. The number of halogens is 1. The van der Waals surface area contributed by atoms with Crippen LogP contribution in [0.2, 0.25) is 0 Å². The lowest BCUT2D eigenvalue weighted by Crippen LogP contribution is -2.42. The second-order valence-electron chi connectivity index (χ2n) is 5.32. The summed E-state index contributed by atoms with van der Waals surface area (Å²) in [6.07, 6.45) is 8.32. The lowest BCUT2D eigenvalue weighted by Gasteiger charge is -2.25. The van der Waals surface area contributed by atoms with Crippen molar-refractivity contribution in [3.05, 3.63) is 35.6 Å². The predicted molar refractivity (Wildman–Crippen MR) is 72.4 cm³/mol. The van der Waals surface area contributed by atoms with E-state index in [0.29, 0.717) is 12.3 Å². The van der Waals surface area contributed by atoms with E-state index < -0.39 is 0 Å². The monoisotopic (exact) mass is 250 g/mol. The van der Waals surface area contributed by atoms with Gasteiger partial charge in [0.05, 0.1) is 0 Å². The molecular weight excluding hydrogens is 227 g/mol. The molecule has 0 radical (unpaired) electrons. The zero-order valence-corrected chi connectivity index (χ0v) is 10.9. The minimum absolute atomic E-state index is 0.119. The summed E-state index contributed by atoms with van der Waals surface area (Å²) in [5.74, 6) is 6.14. The second-order valence-corrected chi connectivity index (χ2v) is 5.32. The summed E-state index contributed by atoms with van der Waals surface area (Å²) < 4.78 is 13.7. The van der Waals surface area contributed by atoms with E-state index >= 15 is 0 Å². The number of rotatable bonds is 4. The Balaban J connectivity index is 2.02.